The highest BCUT2D eigenvalue weighted by Gasteiger charge is 2.19. The van der Waals surface area contributed by atoms with Crippen molar-refractivity contribution in [3.63, 3.8) is 0 Å². The van der Waals surface area contributed by atoms with Gasteiger partial charge < -0.3 is 10.8 Å². The van der Waals surface area contributed by atoms with Crippen LogP contribution in [0.1, 0.15) is 36.9 Å². The second kappa shape index (κ2) is 5.89. The van der Waals surface area contributed by atoms with Gasteiger partial charge in [-0.25, -0.2) is 0 Å². The molecule has 0 bridgehead atoms. The monoisotopic (exact) mass is 251 g/mol. The van der Waals surface area contributed by atoms with Gasteiger partial charge in [0.2, 0.25) is 0 Å². The lowest BCUT2D eigenvalue weighted by molar-refractivity contribution is 0.200. The minimum absolute atomic E-state index is 0.0396. The molecule has 17 heavy (non-hydrogen) atoms. The van der Waals surface area contributed by atoms with E-state index in [4.69, 9.17) is 5.73 Å². The highest BCUT2D eigenvalue weighted by Crippen LogP contribution is 2.32. The van der Waals surface area contributed by atoms with E-state index in [0.29, 0.717) is 0 Å². The molecule has 0 radical (unpaired) electrons. The van der Waals surface area contributed by atoms with Crippen molar-refractivity contribution in [1.82, 2.24) is 0 Å². The summed E-state index contributed by atoms with van der Waals surface area (Å²) < 4.78 is 0. The Balaban J connectivity index is 2.21. The molecule has 0 spiro atoms. The number of aryl methyl sites for hydroxylation is 1. The standard InChI is InChI=1S/C14H21NOS/c1-2-10(9-16)14(15)12-5-6-13-11(8-12)4-3-7-17-13/h5-6,8,10,14,16H,2-4,7,9,15H2,1H3. The van der Waals surface area contributed by atoms with E-state index in [1.54, 1.807) is 0 Å². The quantitative estimate of drug-likeness (QED) is 0.865. The van der Waals surface area contributed by atoms with Gasteiger partial charge in [0.1, 0.15) is 0 Å². The second-order valence-electron chi connectivity index (χ2n) is 4.70. The predicted molar refractivity (Wildman–Crippen MR) is 73.3 cm³/mol. The summed E-state index contributed by atoms with van der Waals surface area (Å²) in [6.07, 6.45) is 3.34. The Hall–Kier alpha value is -0.510. The molecule has 0 aliphatic carbocycles. The van der Waals surface area contributed by atoms with Crippen LogP contribution in [0.4, 0.5) is 0 Å². The van der Waals surface area contributed by atoms with Gasteiger partial charge in [0.05, 0.1) is 0 Å². The van der Waals surface area contributed by atoms with Crippen molar-refractivity contribution in [2.75, 3.05) is 12.4 Å². The van der Waals surface area contributed by atoms with Crippen molar-refractivity contribution < 1.29 is 5.11 Å². The molecule has 94 valence electrons. The van der Waals surface area contributed by atoms with Crippen LogP contribution >= 0.6 is 11.8 Å². The average molecular weight is 251 g/mol. The van der Waals surface area contributed by atoms with E-state index in [2.05, 4.69) is 25.1 Å². The van der Waals surface area contributed by atoms with Crippen LogP contribution in [-0.2, 0) is 6.42 Å². The molecule has 2 rings (SSSR count). The molecule has 3 N–H and O–H groups in total. The van der Waals surface area contributed by atoms with E-state index >= 15 is 0 Å². The van der Waals surface area contributed by atoms with Crippen molar-refractivity contribution in [3.8, 4) is 0 Å². The third kappa shape index (κ3) is 2.84. The van der Waals surface area contributed by atoms with Gasteiger partial charge in [-0.2, -0.15) is 0 Å². The van der Waals surface area contributed by atoms with Gasteiger partial charge >= 0.3 is 0 Å². The molecular formula is C14H21NOS. The van der Waals surface area contributed by atoms with E-state index in [1.165, 1.54) is 34.6 Å². The zero-order chi connectivity index (χ0) is 12.3. The maximum absolute atomic E-state index is 9.31. The van der Waals surface area contributed by atoms with E-state index in [9.17, 15) is 5.11 Å². The molecule has 2 nitrogen and oxygen atoms in total. The fourth-order valence-electron chi connectivity index (χ4n) is 2.36. The molecule has 3 heteroatoms. The number of aliphatic hydroxyl groups excluding tert-OH is 1. The minimum Gasteiger partial charge on any atom is -0.396 e. The van der Waals surface area contributed by atoms with E-state index < -0.39 is 0 Å². The zero-order valence-corrected chi connectivity index (χ0v) is 11.2. The second-order valence-corrected chi connectivity index (χ2v) is 5.83. The largest absolute Gasteiger partial charge is 0.396 e. The molecule has 0 saturated carbocycles. The predicted octanol–water partition coefficient (Wildman–Crippen LogP) is 2.74. The van der Waals surface area contributed by atoms with Crippen LogP contribution in [0.15, 0.2) is 23.1 Å². The lowest BCUT2D eigenvalue weighted by Gasteiger charge is -2.23. The molecule has 2 atom stereocenters. The molecule has 1 aromatic carbocycles. The van der Waals surface area contributed by atoms with Crippen LogP contribution in [0.2, 0.25) is 0 Å². The van der Waals surface area contributed by atoms with Gasteiger partial charge in [0.15, 0.2) is 0 Å². The first-order chi connectivity index (χ1) is 8.26. The Kier molecular flexibility index (Phi) is 4.48. The first-order valence-electron chi connectivity index (χ1n) is 6.38. The molecule has 0 aromatic heterocycles. The number of hydrogen-bond donors (Lipinski definition) is 2. The topological polar surface area (TPSA) is 46.2 Å². The summed E-state index contributed by atoms with van der Waals surface area (Å²) in [7, 11) is 0. The molecule has 2 unspecified atom stereocenters. The molecule has 0 saturated heterocycles. The summed E-state index contributed by atoms with van der Waals surface area (Å²) in [4.78, 5) is 1.41. The maximum atomic E-state index is 9.31. The third-order valence-electron chi connectivity index (χ3n) is 3.58. The van der Waals surface area contributed by atoms with E-state index in [-0.39, 0.29) is 18.6 Å². The number of nitrogens with two attached hydrogens (primary N) is 1. The third-order valence-corrected chi connectivity index (χ3v) is 4.79. The Morgan fingerprint density at radius 2 is 2.29 bits per heavy atom. The summed E-state index contributed by atoms with van der Waals surface area (Å²) in [6, 6.07) is 6.52. The highest BCUT2D eigenvalue weighted by molar-refractivity contribution is 7.99. The van der Waals surface area contributed by atoms with Crippen LogP contribution < -0.4 is 5.73 Å². The highest BCUT2D eigenvalue weighted by atomic mass is 32.2. The summed E-state index contributed by atoms with van der Waals surface area (Å²) in [5.74, 6) is 1.40. The number of fused-ring (bicyclic) bond motifs is 1. The Labute approximate surface area is 108 Å². The summed E-state index contributed by atoms with van der Waals surface area (Å²) in [5.41, 5.74) is 8.83. The van der Waals surface area contributed by atoms with Gasteiger partial charge in [-0.1, -0.05) is 19.1 Å². The minimum atomic E-state index is -0.0396. The van der Waals surface area contributed by atoms with Crippen LogP contribution in [0.3, 0.4) is 0 Å². The molecule has 1 heterocycles. The normalized spacial score (nSPS) is 18.5. The van der Waals surface area contributed by atoms with Crippen molar-refractivity contribution in [2.24, 2.45) is 11.7 Å². The molecule has 0 fully saturated rings. The number of rotatable bonds is 4. The van der Waals surface area contributed by atoms with Gasteiger partial charge in [-0.15, -0.1) is 11.8 Å². The number of aliphatic hydroxyl groups is 1. The Bertz CT molecular complexity index is 376. The molecule has 1 aliphatic heterocycles. The van der Waals surface area contributed by atoms with E-state index in [1.807, 2.05) is 11.8 Å². The van der Waals surface area contributed by atoms with Crippen molar-refractivity contribution in [3.05, 3.63) is 29.3 Å². The molecule has 1 aliphatic rings. The number of thioether (sulfide) groups is 1. The first-order valence-corrected chi connectivity index (χ1v) is 7.37. The van der Waals surface area contributed by atoms with Crippen LogP contribution in [-0.4, -0.2) is 17.5 Å². The Morgan fingerprint density at radius 1 is 1.47 bits per heavy atom. The van der Waals surface area contributed by atoms with Gasteiger partial charge in [-0.3, -0.25) is 0 Å². The van der Waals surface area contributed by atoms with Crippen molar-refractivity contribution >= 4 is 11.8 Å². The fraction of sp³-hybridized carbons (Fsp3) is 0.571. The van der Waals surface area contributed by atoms with Crippen LogP contribution in [0.25, 0.3) is 0 Å². The number of benzene rings is 1. The van der Waals surface area contributed by atoms with Crippen molar-refractivity contribution in [2.45, 2.75) is 37.1 Å². The summed E-state index contributed by atoms with van der Waals surface area (Å²) >= 11 is 1.94. The first kappa shape index (κ1) is 12.9. The molecule has 0 amide bonds. The Morgan fingerprint density at radius 3 is 3.00 bits per heavy atom. The summed E-state index contributed by atoms with van der Waals surface area (Å²) in [6.45, 7) is 2.25. The average Bonchev–Trinajstić information content (AvgIpc) is 2.39. The van der Waals surface area contributed by atoms with Gasteiger partial charge in [0, 0.05) is 23.5 Å². The lowest BCUT2D eigenvalue weighted by Crippen LogP contribution is -2.24. The maximum Gasteiger partial charge on any atom is 0.0477 e. The van der Waals surface area contributed by atoms with Crippen molar-refractivity contribution in [1.29, 1.82) is 0 Å². The van der Waals surface area contributed by atoms with E-state index in [0.717, 1.165) is 6.42 Å². The fourth-order valence-corrected chi connectivity index (χ4v) is 3.38. The summed E-state index contributed by atoms with van der Waals surface area (Å²) in [5, 5.41) is 9.31. The SMILES string of the molecule is CCC(CO)C(N)c1ccc2c(c1)CCCS2. The van der Waals surface area contributed by atoms with Gasteiger partial charge in [0.25, 0.3) is 0 Å². The van der Waals surface area contributed by atoms with Crippen LogP contribution in [0, 0.1) is 5.92 Å². The number of hydrogen-bond acceptors (Lipinski definition) is 3. The zero-order valence-electron chi connectivity index (χ0n) is 10.4. The van der Waals surface area contributed by atoms with Crippen LogP contribution in [0.5, 0.6) is 0 Å². The molecule has 1 aromatic rings. The van der Waals surface area contributed by atoms with Gasteiger partial charge in [-0.05, 0) is 42.2 Å². The smallest absolute Gasteiger partial charge is 0.0477 e. The molecular weight excluding hydrogens is 230 g/mol. The lowest BCUT2D eigenvalue weighted by atomic mass is 9.91.